The highest BCUT2D eigenvalue weighted by Gasteiger charge is 2.16. The summed E-state index contributed by atoms with van der Waals surface area (Å²) in [6.45, 7) is 4.03. The first-order valence-corrected chi connectivity index (χ1v) is 8.86. The molecule has 0 bridgehead atoms. The van der Waals surface area contributed by atoms with Crippen LogP contribution < -0.4 is 21.3 Å². The molecule has 1 aliphatic heterocycles. The number of aryl methyl sites for hydroxylation is 1. The molecule has 136 valence electrons. The topological polar surface area (TPSA) is 87.5 Å². The second-order valence-electron chi connectivity index (χ2n) is 6.59. The largest absolute Gasteiger partial charge is 0.397 e. The number of amides is 2. The molecule has 0 spiro atoms. The summed E-state index contributed by atoms with van der Waals surface area (Å²) in [5.74, 6) is -1.48. The maximum atomic E-state index is 12.1. The molecule has 0 unspecified atom stereocenters. The lowest BCUT2D eigenvalue weighted by atomic mass is 10.1. The van der Waals surface area contributed by atoms with Crippen molar-refractivity contribution in [1.82, 2.24) is 0 Å². The third-order valence-corrected chi connectivity index (χ3v) is 4.51. The molecule has 0 atom stereocenters. The van der Waals surface area contributed by atoms with E-state index in [2.05, 4.69) is 15.5 Å². The number of nitrogen functional groups attached to an aromatic ring is 1. The Labute approximate surface area is 153 Å². The van der Waals surface area contributed by atoms with E-state index in [4.69, 9.17) is 5.73 Å². The van der Waals surface area contributed by atoms with Crippen molar-refractivity contribution in [1.29, 1.82) is 0 Å². The van der Waals surface area contributed by atoms with Gasteiger partial charge < -0.3 is 21.3 Å². The van der Waals surface area contributed by atoms with Crippen LogP contribution in [0.5, 0.6) is 0 Å². The summed E-state index contributed by atoms with van der Waals surface area (Å²) in [5.41, 5.74) is 9.42. The van der Waals surface area contributed by atoms with Crippen molar-refractivity contribution < 1.29 is 9.59 Å². The highest BCUT2D eigenvalue weighted by atomic mass is 16.2. The van der Waals surface area contributed by atoms with E-state index in [0.29, 0.717) is 17.1 Å². The fourth-order valence-electron chi connectivity index (χ4n) is 3.07. The molecule has 4 N–H and O–H groups in total. The van der Waals surface area contributed by atoms with Crippen LogP contribution in [0.1, 0.15) is 24.8 Å². The molecule has 1 saturated heterocycles. The minimum atomic E-state index is -0.749. The van der Waals surface area contributed by atoms with Crippen LogP contribution in [0.25, 0.3) is 0 Å². The second-order valence-corrected chi connectivity index (χ2v) is 6.59. The third-order valence-electron chi connectivity index (χ3n) is 4.51. The summed E-state index contributed by atoms with van der Waals surface area (Å²) in [6.07, 6.45) is 3.70. The second kappa shape index (κ2) is 7.91. The van der Waals surface area contributed by atoms with Crippen molar-refractivity contribution in [2.24, 2.45) is 0 Å². The van der Waals surface area contributed by atoms with E-state index in [0.717, 1.165) is 24.3 Å². The lowest BCUT2D eigenvalue weighted by Gasteiger charge is -2.28. The van der Waals surface area contributed by atoms with Gasteiger partial charge in [0, 0.05) is 24.5 Å². The van der Waals surface area contributed by atoms with Crippen LogP contribution in [-0.2, 0) is 9.59 Å². The van der Waals surface area contributed by atoms with Gasteiger partial charge in [0.25, 0.3) is 0 Å². The number of piperidine rings is 1. The average Bonchev–Trinajstić information content (AvgIpc) is 2.65. The lowest BCUT2D eigenvalue weighted by molar-refractivity contribution is -0.132. The minimum absolute atomic E-state index is 0.427. The van der Waals surface area contributed by atoms with E-state index in [9.17, 15) is 9.59 Å². The molecule has 3 rings (SSSR count). The summed E-state index contributed by atoms with van der Waals surface area (Å²) in [6, 6.07) is 12.8. The van der Waals surface area contributed by atoms with E-state index in [1.807, 2.05) is 37.3 Å². The van der Waals surface area contributed by atoms with Crippen molar-refractivity contribution in [2.75, 3.05) is 34.4 Å². The first kappa shape index (κ1) is 17.8. The first-order valence-electron chi connectivity index (χ1n) is 8.86. The van der Waals surface area contributed by atoms with Crippen molar-refractivity contribution in [2.45, 2.75) is 26.2 Å². The fourth-order valence-corrected chi connectivity index (χ4v) is 3.07. The number of nitrogens with zero attached hydrogens (tertiary/aromatic N) is 1. The summed E-state index contributed by atoms with van der Waals surface area (Å²) in [4.78, 5) is 26.5. The van der Waals surface area contributed by atoms with Gasteiger partial charge in [0.2, 0.25) is 0 Å². The first-order chi connectivity index (χ1) is 12.5. The molecule has 0 radical (unpaired) electrons. The number of rotatable bonds is 3. The molecule has 2 amide bonds. The third kappa shape index (κ3) is 4.33. The highest BCUT2D eigenvalue weighted by molar-refractivity contribution is 6.43. The molecular weight excluding hydrogens is 328 g/mol. The van der Waals surface area contributed by atoms with Gasteiger partial charge in [-0.05, 0) is 68.1 Å². The van der Waals surface area contributed by atoms with Gasteiger partial charge in [-0.15, -0.1) is 0 Å². The van der Waals surface area contributed by atoms with E-state index in [-0.39, 0.29) is 0 Å². The van der Waals surface area contributed by atoms with Crippen molar-refractivity contribution >= 4 is 34.6 Å². The number of anilines is 4. The molecule has 0 aromatic heterocycles. The molecule has 2 aromatic rings. The van der Waals surface area contributed by atoms with Gasteiger partial charge in [-0.2, -0.15) is 0 Å². The normalized spacial score (nSPS) is 14.0. The minimum Gasteiger partial charge on any atom is -0.397 e. The van der Waals surface area contributed by atoms with Crippen molar-refractivity contribution in [3.8, 4) is 0 Å². The van der Waals surface area contributed by atoms with Crippen molar-refractivity contribution in [3.05, 3.63) is 48.0 Å². The lowest BCUT2D eigenvalue weighted by Crippen LogP contribution is -2.30. The molecular formula is C20H24N4O2. The zero-order valence-electron chi connectivity index (χ0n) is 14.9. The zero-order valence-corrected chi connectivity index (χ0v) is 14.9. The Bertz CT molecular complexity index is 796. The number of nitrogens with one attached hydrogen (secondary N) is 2. The maximum absolute atomic E-state index is 12.1. The molecule has 0 aliphatic carbocycles. The van der Waals surface area contributed by atoms with Crippen LogP contribution in [0.2, 0.25) is 0 Å². The summed E-state index contributed by atoms with van der Waals surface area (Å²) < 4.78 is 0. The highest BCUT2D eigenvalue weighted by Crippen LogP contribution is 2.22. The zero-order chi connectivity index (χ0) is 18.5. The summed E-state index contributed by atoms with van der Waals surface area (Å²) in [7, 11) is 0. The average molecular weight is 352 g/mol. The van der Waals surface area contributed by atoms with Crippen LogP contribution in [0.3, 0.4) is 0 Å². The smallest absolute Gasteiger partial charge is 0.314 e. The van der Waals surface area contributed by atoms with Gasteiger partial charge in [0.1, 0.15) is 0 Å². The fraction of sp³-hybridized carbons (Fsp3) is 0.300. The quantitative estimate of drug-likeness (QED) is 0.585. The van der Waals surface area contributed by atoms with Crippen molar-refractivity contribution in [3.63, 3.8) is 0 Å². The number of nitrogens with two attached hydrogens (primary N) is 1. The SMILES string of the molecule is Cc1ccc(NC(=O)C(=O)Nc2ccc(N3CCCCC3)cc2)c(N)c1. The van der Waals surface area contributed by atoms with Gasteiger partial charge >= 0.3 is 11.8 Å². The number of benzene rings is 2. The predicted octanol–water partition coefficient (Wildman–Crippen LogP) is 3.14. The van der Waals surface area contributed by atoms with Gasteiger partial charge in [0.05, 0.1) is 11.4 Å². The van der Waals surface area contributed by atoms with Crippen LogP contribution >= 0.6 is 0 Å². The number of carbonyl (C=O) groups is 2. The monoisotopic (exact) mass is 352 g/mol. The summed E-state index contributed by atoms with van der Waals surface area (Å²) >= 11 is 0. The molecule has 6 nitrogen and oxygen atoms in total. The van der Waals surface area contributed by atoms with Crippen LogP contribution in [0.15, 0.2) is 42.5 Å². The van der Waals surface area contributed by atoms with Crippen LogP contribution in [-0.4, -0.2) is 24.9 Å². The Hall–Kier alpha value is -3.02. The Morgan fingerprint density at radius 2 is 1.58 bits per heavy atom. The molecule has 0 saturated carbocycles. The van der Waals surface area contributed by atoms with E-state index >= 15 is 0 Å². The number of hydrogen-bond acceptors (Lipinski definition) is 4. The van der Waals surface area contributed by atoms with E-state index in [1.165, 1.54) is 19.3 Å². The van der Waals surface area contributed by atoms with Gasteiger partial charge in [0.15, 0.2) is 0 Å². The number of carbonyl (C=O) groups excluding carboxylic acids is 2. The Kier molecular flexibility index (Phi) is 5.41. The molecule has 1 fully saturated rings. The summed E-state index contributed by atoms with van der Waals surface area (Å²) in [5, 5.41) is 5.15. The standard InChI is InChI=1S/C20H24N4O2/c1-14-5-10-18(17(21)13-14)23-20(26)19(25)22-15-6-8-16(9-7-15)24-11-3-2-4-12-24/h5-10,13H,2-4,11-12,21H2,1H3,(H,22,25)(H,23,26). The molecule has 6 heteroatoms. The van der Waals surface area contributed by atoms with Gasteiger partial charge in [-0.1, -0.05) is 6.07 Å². The van der Waals surface area contributed by atoms with Crippen LogP contribution in [0.4, 0.5) is 22.7 Å². The number of hydrogen-bond donors (Lipinski definition) is 3. The molecule has 1 aliphatic rings. The maximum Gasteiger partial charge on any atom is 0.314 e. The van der Waals surface area contributed by atoms with Crippen LogP contribution in [0, 0.1) is 6.92 Å². The Balaban J connectivity index is 1.59. The Morgan fingerprint density at radius 1 is 0.923 bits per heavy atom. The van der Waals surface area contributed by atoms with Gasteiger partial charge in [-0.3, -0.25) is 9.59 Å². The van der Waals surface area contributed by atoms with Gasteiger partial charge in [-0.25, -0.2) is 0 Å². The molecule has 2 aromatic carbocycles. The molecule has 26 heavy (non-hydrogen) atoms. The predicted molar refractivity (Wildman–Crippen MR) is 105 cm³/mol. The molecule has 1 heterocycles. The Morgan fingerprint density at radius 3 is 2.23 bits per heavy atom. The van der Waals surface area contributed by atoms with E-state index < -0.39 is 11.8 Å². The van der Waals surface area contributed by atoms with E-state index in [1.54, 1.807) is 12.1 Å².